The van der Waals surface area contributed by atoms with E-state index in [0.717, 1.165) is 0 Å². The van der Waals surface area contributed by atoms with E-state index in [2.05, 4.69) is 5.32 Å². The molecule has 0 bridgehead atoms. The predicted molar refractivity (Wildman–Crippen MR) is 81.5 cm³/mol. The summed E-state index contributed by atoms with van der Waals surface area (Å²) in [5.41, 5.74) is 5.99. The van der Waals surface area contributed by atoms with Gasteiger partial charge in [-0.15, -0.1) is 0 Å². The first-order valence-corrected chi connectivity index (χ1v) is 7.39. The first kappa shape index (κ1) is 16.4. The van der Waals surface area contributed by atoms with Gasteiger partial charge in [-0.2, -0.15) is 0 Å². The van der Waals surface area contributed by atoms with Crippen molar-refractivity contribution in [1.29, 1.82) is 0 Å². The first-order valence-electron chi connectivity index (χ1n) is 6.64. The van der Waals surface area contributed by atoms with E-state index in [1.807, 2.05) is 0 Å². The van der Waals surface area contributed by atoms with E-state index in [0.29, 0.717) is 28.6 Å². The van der Waals surface area contributed by atoms with Gasteiger partial charge in [0.15, 0.2) is 0 Å². The van der Waals surface area contributed by atoms with Crippen molar-refractivity contribution in [2.75, 3.05) is 20.3 Å². The van der Waals surface area contributed by atoms with Crippen molar-refractivity contribution in [3.63, 3.8) is 0 Å². The van der Waals surface area contributed by atoms with E-state index >= 15 is 0 Å². The molecule has 0 spiro atoms. The number of carbonyl (C=O) groups is 1. The molecule has 5 nitrogen and oxygen atoms in total. The normalized spacial score (nSPS) is 23.2. The summed E-state index contributed by atoms with van der Waals surface area (Å²) in [4.78, 5) is 11.5. The Labute approximate surface area is 133 Å². The highest BCUT2D eigenvalue weighted by Gasteiger charge is 2.36. The lowest BCUT2D eigenvalue weighted by Crippen LogP contribution is -2.34. The number of aromatic hydroxyl groups is 1. The zero-order valence-electron chi connectivity index (χ0n) is 11.6. The minimum absolute atomic E-state index is 0.0295. The summed E-state index contributed by atoms with van der Waals surface area (Å²) in [5.74, 6) is -0.634. The Bertz CT molecular complexity index is 539. The third kappa shape index (κ3) is 3.43. The highest BCUT2D eigenvalue weighted by Crippen LogP contribution is 2.41. The SMILES string of the molecule is COCC(C(N)=O)C1CNC(c2c(O)ccc(Cl)c2Cl)C1. The van der Waals surface area contributed by atoms with Crippen molar-refractivity contribution in [3.05, 3.63) is 27.7 Å². The van der Waals surface area contributed by atoms with Crippen LogP contribution >= 0.6 is 23.2 Å². The van der Waals surface area contributed by atoms with Gasteiger partial charge in [0, 0.05) is 18.7 Å². The van der Waals surface area contributed by atoms with Crippen molar-refractivity contribution in [2.45, 2.75) is 12.5 Å². The number of ether oxygens (including phenoxy) is 1. The quantitative estimate of drug-likeness (QED) is 0.770. The number of rotatable bonds is 5. The molecule has 3 unspecified atom stereocenters. The molecule has 4 N–H and O–H groups in total. The molecular formula is C14H18Cl2N2O3. The van der Waals surface area contributed by atoms with Crippen molar-refractivity contribution < 1.29 is 14.6 Å². The van der Waals surface area contributed by atoms with Crippen LogP contribution in [0.3, 0.4) is 0 Å². The number of nitrogens with two attached hydrogens (primary N) is 1. The van der Waals surface area contributed by atoms with E-state index in [-0.39, 0.29) is 36.1 Å². The van der Waals surface area contributed by atoms with E-state index in [9.17, 15) is 9.90 Å². The topological polar surface area (TPSA) is 84.6 Å². The van der Waals surface area contributed by atoms with Gasteiger partial charge in [-0.25, -0.2) is 0 Å². The van der Waals surface area contributed by atoms with Crippen LogP contribution in [0.15, 0.2) is 12.1 Å². The van der Waals surface area contributed by atoms with Crippen LogP contribution in [0.2, 0.25) is 10.0 Å². The summed E-state index contributed by atoms with van der Waals surface area (Å²) in [7, 11) is 1.54. The van der Waals surface area contributed by atoms with Gasteiger partial charge in [0.1, 0.15) is 5.75 Å². The number of phenols is 1. The van der Waals surface area contributed by atoms with Gasteiger partial charge in [0.2, 0.25) is 5.91 Å². The van der Waals surface area contributed by atoms with Crippen LogP contribution in [0, 0.1) is 11.8 Å². The highest BCUT2D eigenvalue weighted by atomic mass is 35.5. The first-order chi connectivity index (χ1) is 9.95. The fourth-order valence-electron chi connectivity index (χ4n) is 2.81. The minimum Gasteiger partial charge on any atom is -0.508 e. The van der Waals surface area contributed by atoms with Crippen LogP contribution in [0.25, 0.3) is 0 Å². The Balaban J connectivity index is 2.19. The van der Waals surface area contributed by atoms with Gasteiger partial charge in [0.05, 0.1) is 22.6 Å². The standard InChI is InChI=1S/C14H18Cl2N2O3/c1-21-6-8(14(17)20)7-4-10(18-5-7)12-11(19)3-2-9(15)13(12)16/h2-3,7-8,10,18-19H,4-6H2,1H3,(H2,17,20). The number of primary amides is 1. The Morgan fingerprint density at radius 1 is 1.57 bits per heavy atom. The maximum atomic E-state index is 11.5. The lowest BCUT2D eigenvalue weighted by molar-refractivity contribution is -0.125. The number of phenolic OH excluding ortho intramolecular Hbond substituents is 1. The summed E-state index contributed by atoms with van der Waals surface area (Å²) in [5, 5.41) is 14.0. The molecule has 1 aromatic rings. The average Bonchev–Trinajstić information content (AvgIpc) is 2.89. The third-order valence-electron chi connectivity index (χ3n) is 3.90. The van der Waals surface area contributed by atoms with Crippen LogP contribution < -0.4 is 11.1 Å². The molecule has 7 heteroatoms. The summed E-state index contributed by atoms with van der Waals surface area (Å²) in [6.07, 6.45) is 0.630. The molecule has 1 heterocycles. The lowest BCUT2D eigenvalue weighted by atomic mass is 9.88. The molecule has 116 valence electrons. The van der Waals surface area contributed by atoms with Crippen molar-refractivity contribution >= 4 is 29.1 Å². The van der Waals surface area contributed by atoms with Gasteiger partial charge < -0.3 is 20.9 Å². The fraction of sp³-hybridized carbons (Fsp3) is 0.500. The molecule has 2 rings (SSSR count). The van der Waals surface area contributed by atoms with E-state index in [1.54, 1.807) is 6.07 Å². The molecule has 1 saturated heterocycles. The summed E-state index contributed by atoms with van der Waals surface area (Å²) >= 11 is 12.2. The van der Waals surface area contributed by atoms with E-state index in [4.69, 9.17) is 33.7 Å². The molecular weight excluding hydrogens is 315 g/mol. The molecule has 1 aliphatic heterocycles. The number of halogens is 2. The predicted octanol–water partition coefficient (Wildman–Crippen LogP) is 2.10. The second kappa shape index (κ2) is 6.83. The van der Waals surface area contributed by atoms with Crippen LogP contribution in [-0.4, -0.2) is 31.3 Å². The number of benzene rings is 1. The third-order valence-corrected chi connectivity index (χ3v) is 4.72. The van der Waals surface area contributed by atoms with E-state index in [1.165, 1.54) is 13.2 Å². The second-order valence-corrected chi connectivity index (χ2v) is 6.00. The zero-order valence-corrected chi connectivity index (χ0v) is 13.1. The van der Waals surface area contributed by atoms with E-state index < -0.39 is 0 Å². The number of methoxy groups -OCH3 is 1. The Morgan fingerprint density at radius 3 is 2.90 bits per heavy atom. The monoisotopic (exact) mass is 332 g/mol. The minimum atomic E-state index is -0.384. The molecule has 1 fully saturated rings. The molecule has 1 aliphatic rings. The van der Waals surface area contributed by atoms with Gasteiger partial charge in [0.25, 0.3) is 0 Å². The van der Waals surface area contributed by atoms with Crippen LogP contribution in [-0.2, 0) is 9.53 Å². The molecule has 3 atom stereocenters. The zero-order chi connectivity index (χ0) is 15.6. The number of hydrogen-bond donors (Lipinski definition) is 3. The number of amides is 1. The van der Waals surface area contributed by atoms with Crippen molar-refractivity contribution in [3.8, 4) is 5.75 Å². The highest BCUT2D eigenvalue weighted by molar-refractivity contribution is 6.42. The van der Waals surface area contributed by atoms with Gasteiger partial charge in [-0.3, -0.25) is 4.79 Å². The Kier molecular flexibility index (Phi) is 5.32. The average molecular weight is 333 g/mol. The second-order valence-electron chi connectivity index (χ2n) is 5.21. The maximum Gasteiger partial charge on any atom is 0.223 e. The van der Waals surface area contributed by atoms with Gasteiger partial charge >= 0.3 is 0 Å². The van der Waals surface area contributed by atoms with Gasteiger partial charge in [-0.05, 0) is 31.0 Å². The molecule has 1 amide bonds. The Morgan fingerprint density at radius 2 is 2.29 bits per heavy atom. The number of hydrogen-bond acceptors (Lipinski definition) is 4. The molecule has 0 radical (unpaired) electrons. The van der Waals surface area contributed by atoms with Crippen molar-refractivity contribution in [1.82, 2.24) is 5.32 Å². The van der Waals surface area contributed by atoms with Crippen LogP contribution in [0.4, 0.5) is 0 Å². The molecule has 21 heavy (non-hydrogen) atoms. The molecule has 0 aromatic heterocycles. The summed E-state index contributed by atoms with van der Waals surface area (Å²) in [6.45, 7) is 0.883. The fourth-order valence-corrected chi connectivity index (χ4v) is 3.26. The van der Waals surface area contributed by atoms with Crippen LogP contribution in [0.1, 0.15) is 18.0 Å². The maximum absolute atomic E-state index is 11.5. The lowest BCUT2D eigenvalue weighted by Gasteiger charge is -2.19. The van der Waals surface area contributed by atoms with Crippen molar-refractivity contribution in [2.24, 2.45) is 17.6 Å². The van der Waals surface area contributed by atoms with Gasteiger partial charge in [-0.1, -0.05) is 23.2 Å². The largest absolute Gasteiger partial charge is 0.508 e. The smallest absolute Gasteiger partial charge is 0.223 e. The summed E-state index contributed by atoms with van der Waals surface area (Å²) < 4.78 is 5.06. The molecule has 0 aliphatic carbocycles. The Hall–Kier alpha value is -1.01. The molecule has 1 aromatic carbocycles. The number of nitrogens with one attached hydrogen (secondary N) is 1. The molecule has 0 saturated carbocycles. The number of carbonyl (C=O) groups excluding carboxylic acids is 1. The van der Waals surface area contributed by atoms with Crippen LogP contribution in [0.5, 0.6) is 5.75 Å². The summed E-state index contributed by atoms with van der Waals surface area (Å²) in [6, 6.07) is 2.89.